The van der Waals surface area contributed by atoms with Gasteiger partial charge in [0.15, 0.2) is 5.65 Å². The Labute approximate surface area is 174 Å². The van der Waals surface area contributed by atoms with Crippen molar-refractivity contribution in [2.45, 2.75) is 33.4 Å². The van der Waals surface area contributed by atoms with Crippen LogP contribution in [-0.2, 0) is 11.3 Å². The molecular formula is C24H24N4O2. The number of para-hydroxylation sites is 1. The number of hydrogen-bond donors (Lipinski definition) is 1. The second kappa shape index (κ2) is 7.99. The molecule has 4 rings (SSSR count). The van der Waals surface area contributed by atoms with Gasteiger partial charge in [-0.25, -0.2) is 4.98 Å². The third-order valence-corrected chi connectivity index (χ3v) is 5.49. The van der Waals surface area contributed by atoms with Gasteiger partial charge in [-0.2, -0.15) is 0 Å². The molecular weight excluding hydrogens is 376 g/mol. The summed E-state index contributed by atoms with van der Waals surface area (Å²) in [5, 5.41) is 3.49. The molecule has 0 saturated heterocycles. The Balaban J connectivity index is 1.65. The van der Waals surface area contributed by atoms with E-state index in [0.29, 0.717) is 11.0 Å². The first-order valence-corrected chi connectivity index (χ1v) is 9.94. The molecule has 1 unspecified atom stereocenters. The van der Waals surface area contributed by atoms with Crippen LogP contribution in [0.2, 0.25) is 0 Å². The van der Waals surface area contributed by atoms with Gasteiger partial charge in [-0.3, -0.25) is 18.7 Å². The highest BCUT2D eigenvalue weighted by atomic mass is 16.2. The number of carbonyl (C=O) groups excluding carboxylic acids is 1. The number of aryl methyl sites for hydroxylation is 1. The van der Waals surface area contributed by atoms with E-state index in [9.17, 15) is 9.59 Å². The molecule has 0 radical (unpaired) electrons. The van der Waals surface area contributed by atoms with E-state index < -0.39 is 0 Å². The van der Waals surface area contributed by atoms with Crippen molar-refractivity contribution in [1.82, 2.24) is 19.4 Å². The lowest BCUT2D eigenvalue weighted by atomic mass is 10.1. The SMILES string of the molecule is Cc1c(C)n(-c2ccccc2)c2ncn(CC(=O)NC(C)c3ccccc3)c(=O)c12. The Hall–Kier alpha value is -3.67. The minimum Gasteiger partial charge on any atom is -0.348 e. The number of nitrogens with one attached hydrogen (secondary N) is 1. The number of amides is 1. The van der Waals surface area contributed by atoms with Crippen molar-refractivity contribution in [3.63, 3.8) is 0 Å². The Kier molecular flexibility index (Phi) is 5.23. The first kappa shape index (κ1) is 19.6. The Bertz CT molecular complexity index is 1260. The van der Waals surface area contributed by atoms with E-state index >= 15 is 0 Å². The van der Waals surface area contributed by atoms with Crippen LogP contribution in [0.3, 0.4) is 0 Å². The maximum Gasteiger partial charge on any atom is 0.263 e. The van der Waals surface area contributed by atoms with Crippen LogP contribution in [0.25, 0.3) is 16.7 Å². The molecule has 30 heavy (non-hydrogen) atoms. The third-order valence-electron chi connectivity index (χ3n) is 5.49. The molecule has 6 nitrogen and oxygen atoms in total. The summed E-state index contributed by atoms with van der Waals surface area (Å²) in [4.78, 5) is 30.3. The summed E-state index contributed by atoms with van der Waals surface area (Å²) in [7, 11) is 0. The summed E-state index contributed by atoms with van der Waals surface area (Å²) in [6.45, 7) is 5.74. The molecule has 2 aromatic heterocycles. The van der Waals surface area contributed by atoms with E-state index in [0.717, 1.165) is 22.5 Å². The van der Waals surface area contributed by atoms with E-state index in [-0.39, 0.29) is 24.1 Å². The predicted octanol–water partition coefficient (Wildman–Crippen LogP) is 3.68. The van der Waals surface area contributed by atoms with Crippen molar-refractivity contribution in [3.8, 4) is 5.69 Å². The second-order valence-electron chi connectivity index (χ2n) is 7.46. The van der Waals surface area contributed by atoms with Gasteiger partial charge in [0.25, 0.3) is 5.56 Å². The summed E-state index contributed by atoms with van der Waals surface area (Å²) in [6.07, 6.45) is 1.45. The van der Waals surface area contributed by atoms with Crippen molar-refractivity contribution in [1.29, 1.82) is 0 Å². The average molecular weight is 400 g/mol. The van der Waals surface area contributed by atoms with Gasteiger partial charge in [0.1, 0.15) is 12.9 Å². The quantitative estimate of drug-likeness (QED) is 0.556. The predicted molar refractivity (Wildman–Crippen MR) is 118 cm³/mol. The fourth-order valence-electron chi connectivity index (χ4n) is 3.76. The number of nitrogens with zero attached hydrogens (tertiary/aromatic N) is 3. The average Bonchev–Trinajstić information content (AvgIpc) is 3.02. The standard InChI is InChI=1S/C24H24N4O2/c1-16-18(3)28(20-12-8-5-9-13-20)23-22(16)24(30)27(15-25-23)14-21(29)26-17(2)19-10-6-4-7-11-19/h4-13,15,17H,14H2,1-3H3,(H,26,29). The number of benzene rings is 2. The van der Waals surface area contributed by atoms with Gasteiger partial charge in [0.2, 0.25) is 5.91 Å². The molecule has 0 fully saturated rings. The zero-order chi connectivity index (χ0) is 21.3. The topological polar surface area (TPSA) is 68.9 Å². The van der Waals surface area contributed by atoms with Crippen LogP contribution in [-0.4, -0.2) is 20.0 Å². The lowest BCUT2D eigenvalue weighted by molar-refractivity contribution is -0.122. The molecule has 0 bridgehead atoms. The number of carbonyl (C=O) groups is 1. The molecule has 1 atom stereocenters. The monoisotopic (exact) mass is 400 g/mol. The molecule has 0 aliphatic rings. The van der Waals surface area contributed by atoms with Crippen molar-refractivity contribution >= 4 is 16.9 Å². The molecule has 0 spiro atoms. The summed E-state index contributed by atoms with van der Waals surface area (Å²) in [5.41, 5.74) is 4.19. The molecule has 2 aromatic carbocycles. The van der Waals surface area contributed by atoms with Gasteiger partial charge in [0.05, 0.1) is 11.4 Å². The summed E-state index contributed by atoms with van der Waals surface area (Å²) in [5.74, 6) is -0.230. The highest BCUT2D eigenvalue weighted by Crippen LogP contribution is 2.24. The molecule has 2 heterocycles. The first-order chi connectivity index (χ1) is 14.5. The largest absolute Gasteiger partial charge is 0.348 e. The zero-order valence-corrected chi connectivity index (χ0v) is 17.3. The van der Waals surface area contributed by atoms with Gasteiger partial charge in [-0.05, 0) is 44.0 Å². The van der Waals surface area contributed by atoms with Crippen LogP contribution >= 0.6 is 0 Å². The van der Waals surface area contributed by atoms with Gasteiger partial charge < -0.3 is 5.32 Å². The van der Waals surface area contributed by atoms with Crippen LogP contribution in [0.1, 0.15) is 29.8 Å². The van der Waals surface area contributed by atoms with Crippen LogP contribution in [0.15, 0.2) is 71.8 Å². The number of hydrogen-bond acceptors (Lipinski definition) is 3. The van der Waals surface area contributed by atoms with E-state index in [1.807, 2.05) is 86.0 Å². The van der Waals surface area contributed by atoms with Crippen LogP contribution in [0.5, 0.6) is 0 Å². The molecule has 0 aliphatic heterocycles. The smallest absolute Gasteiger partial charge is 0.263 e. The first-order valence-electron chi connectivity index (χ1n) is 9.94. The van der Waals surface area contributed by atoms with Crippen LogP contribution in [0.4, 0.5) is 0 Å². The van der Waals surface area contributed by atoms with E-state index in [2.05, 4.69) is 10.3 Å². The van der Waals surface area contributed by atoms with Crippen molar-refractivity contribution in [2.24, 2.45) is 0 Å². The number of rotatable bonds is 5. The van der Waals surface area contributed by atoms with Crippen molar-refractivity contribution < 1.29 is 4.79 Å². The van der Waals surface area contributed by atoms with Gasteiger partial charge in [-0.1, -0.05) is 48.5 Å². The molecule has 1 N–H and O–H groups in total. The maximum absolute atomic E-state index is 13.2. The van der Waals surface area contributed by atoms with E-state index in [1.54, 1.807) is 0 Å². The normalized spacial score (nSPS) is 12.1. The molecule has 0 saturated carbocycles. The Morgan fingerprint density at radius 2 is 1.67 bits per heavy atom. The van der Waals surface area contributed by atoms with E-state index in [4.69, 9.17) is 0 Å². The van der Waals surface area contributed by atoms with Crippen LogP contribution < -0.4 is 10.9 Å². The molecule has 4 aromatic rings. The van der Waals surface area contributed by atoms with Gasteiger partial charge in [0, 0.05) is 11.4 Å². The Morgan fingerprint density at radius 1 is 1.03 bits per heavy atom. The second-order valence-corrected chi connectivity index (χ2v) is 7.46. The molecule has 0 aliphatic carbocycles. The summed E-state index contributed by atoms with van der Waals surface area (Å²) in [6, 6.07) is 19.4. The summed E-state index contributed by atoms with van der Waals surface area (Å²) < 4.78 is 3.35. The fourth-order valence-corrected chi connectivity index (χ4v) is 3.76. The highest BCUT2D eigenvalue weighted by Gasteiger charge is 2.19. The Morgan fingerprint density at radius 3 is 2.33 bits per heavy atom. The van der Waals surface area contributed by atoms with Crippen molar-refractivity contribution in [2.75, 3.05) is 0 Å². The maximum atomic E-state index is 13.2. The number of fused-ring (bicyclic) bond motifs is 1. The minimum atomic E-state index is -0.230. The summed E-state index contributed by atoms with van der Waals surface area (Å²) >= 11 is 0. The third kappa shape index (κ3) is 3.52. The molecule has 152 valence electrons. The minimum absolute atomic E-state index is 0.0754. The fraction of sp³-hybridized carbons (Fsp3) is 0.208. The number of aromatic nitrogens is 3. The highest BCUT2D eigenvalue weighted by molar-refractivity contribution is 5.83. The van der Waals surface area contributed by atoms with E-state index in [1.165, 1.54) is 10.9 Å². The zero-order valence-electron chi connectivity index (χ0n) is 17.3. The molecule has 6 heteroatoms. The lowest BCUT2D eigenvalue weighted by Crippen LogP contribution is -2.34. The lowest BCUT2D eigenvalue weighted by Gasteiger charge is -2.15. The molecule has 1 amide bonds. The van der Waals surface area contributed by atoms with Crippen molar-refractivity contribution in [3.05, 3.63) is 94.2 Å². The van der Waals surface area contributed by atoms with Crippen LogP contribution in [0, 0.1) is 13.8 Å². The van der Waals surface area contributed by atoms with Gasteiger partial charge >= 0.3 is 0 Å². The van der Waals surface area contributed by atoms with Gasteiger partial charge in [-0.15, -0.1) is 0 Å².